The van der Waals surface area contributed by atoms with Gasteiger partial charge in [-0.25, -0.2) is 8.42 Å². The van der Waals surface area contributed by atoms with E-state index in [-0.39, 0.29) is 19.5 Å². The van der Waals surface area contributed by atoms with Crippen molar-refractivity contribution in [2.45, 2.75) is 30.7 Å². The van der Waals surface area contributed by atoms with Gasteiger partial charge in [0.25, 0.3) is 15.7 Å². The second-order valence-corrected chi connectivity index (χ2v) is 9.10. The first-order valence-corrected chi connectivity index (χ1v) is 12.0. The number of para-hydroxylation sites is 1. The van der Waals surface area contributed by atoms with Gasteiger partial charge in [-0.05, 0) is 36.6 Å². The van der Waals surface area contributed by atoms with Crippen LogP contribution in [0.15, 0.2) is 60.0 Å². The van der Waals surface area contributed by atoms with Crippen molar-refractivity contribution in [2.24, 2.45) is 0 Å². The SMILES string of the molecule is C=CCN(C(CC)C(=O)NCCc1ccc(OC)c(OC)c1)S(=O)(=O)c1ccccc1[N+](=O)[O-]. The summed E-state index contributed by atoms with van der Waals surface area (Å²) in [4.78, 5) is 23.1. The second kappa shape index (κ2) is 12.1. The molecular weight excluding hydrogens is 462 g/mol. The molecule has 0 saturated heterocycles. The number of nitro groups is 1. The minimum Gasteiger partial charge on any atom is -0.493 e. The summed E-state index contributed by atoms with van der Waals surface area (Å²) in [6, 6.07) is 9.38. The van der Waals surface area contributed by atoms with Gasteiger partial charge in [-0.3, -0.25) is 14.9 Å². The monoisotopic (exact) mass is 491 g/mol. The van der Waals surface area contributed by atoms with Gasteiger partial charge in [-0.15, -0.1) is 6.58 Å². The zero-order chi connectivity index (χ0) is 25.3. The molecule has 2 rings (SSSR count). The quantitative estimate of drug-likeness (QED) is 0.259. The molecule has 0 heterocycles. The van der Waals surface area contributed by atoms with E-state index >= 15 is 0 Å². The lowest BCUT2D eigenvalue weighted by molar-refractivity contribution is -0.387. The first kappa shape index (κ1) is 26.8. The molecule has 0 bridgehead atoms. The van der Waals surface area contributed by atoms with Crippen LogP contribution in [-0.2, 0) is 21.2 Å². The van der Waals surface area contributed by atoms with Crippen molar-refractivity contribution in [1.29, 1.82) is 0 Å². The van der Waals surface area contributed by atoms with E-state index < -0.39 is 37.5 Å². The number of carbonyl (C=O) groups is 1. The number of amides is 1. The maximum absolute atomic E-state index is 13.3. The molecule has 1 N–H and O–H groups in total. The largest absolute Gasteiger partial charge is 0.493 e. The Kier molecular flexibility index (Phi) is 9.58. The van der Waals surface area contributed by atoms with Crippen molar-refractivity contribution in [1.82, 2.24) is 9.62 Å². The lowest BCUT2D eigenvalue weighted by atomic mass is 10.1. The van der Waals surface area contributed by atoms with Gasteiger partial charge in [0.15, 0.2) is 16.4 Å². The van der Waals surface area contributed by atoms with Crippen LogP contribution in [0.2, 0.25) is 0 Å². The third-order valence-electron chi connectivity index (χ3n) is 5.16. The summed E-state index contributed by atoms with van der Waals surface area (Å²) >= 11 is 0. The molecule has 2 aromatic carbocycles. The minimum absolute atomic E-state index is 0.163. The molecule has 11 heteroatoms. The van der Waals surface area contributed by atoms with Gasteiger partial charge in [0.05, 0.1) is 19.1 Å². The van der Waals surface area contributed by atoms with Crippen molar-refractivity contribution >= 4 is 21.6 Å². The molecule has 0 spiro atoms. The smallest absolute Gasteiger partial charge is 0.289 e. The highest BCUT2D eigenvalue weighted by Gasteiger charge is 2.37. The first-order chi connectivity index (χ1) is 16.2. The first-order valence-electron chi connectivity index (χ1n) is 10.6. The number of rotatable bonds is 13. The number of sulfonamides is 1. The van der Waals surface area contributed by atoms with Crippen molar-refractivity contribution in [2.75, 3.05) is 27.3 Å². The normalized spacial score (nSPS) is 12.1. The van der Waals surface area contributed by atoms with Crippen LogP contribution in [0, 0.1) is 10.1 Å². The molecule has 184 valence electrons. The van der Waals surface area contributed by atoms with E-state index in [2.05, 4.69) is 11.9 Å². The Morgan fingerprint density at radius 2 is 1.88 bits per heavy atom. The zero-order valence-corrected chi connectivity index (χ0v) is 20.2. The Balaban J connectivity index is 2.22. The van der Waals surface area contributed by atoms with Gasteiger partial charge < -0.3 is 14.8 Å². The lowest BCUT2D eigenvalue weighted by Crippen LogP contribution is -2.49. The average molecular weight is 492 g/mol. The van der Waals surface area contributed by atoms with Crippen LogP contribution < -0.4 is 14.8 Å². The number of hydrogen-bond donors (Lipinski definition) is 1. The van der Waals surface area contributed by atoms with Crippen molar-refractivity contribution in [3.05, 3.63) is 70.8 Å². The summed E-state index contributed by atoms with van der Waals surface area (Å²) in [5.41, 5.74) is 0.335. The van der Waals surface area contributed by atoms with Crippen molar-refractivity contribution in [3.63, 3.8) is 0 Å². The molecule has 1 atom stereocenters. The Morgan fingerprint density at radius 1 is 1.21 bits per heavy atom. The van der Waals surface area contributed by atoms with Crippen LogP contribution in [0.5, 0.6) is 11.5 Å². The molecule has 2 aromatic rings. The molecule has 0 aliphatic carbocycles. The van der Waals surface area contributed by atoms with E-state index in [9.17, 15) is 23.3 Å². The summed E-state index contributed by atoms with van der Waals surface area (Å²) in [5.74, 6) is 0.638. The van der Waals surface area contributed by atoms with Crippen LogP contribution in [0.4, 0.5) is 5.69 Å². The standard InChI is InChI=1S/C23H29N3O7S/c1-5-15-25(34(30,31)22-10-8-7-9-19(22)26(28)29)18(6-2)23(27)24-14-13-17-11-12-20(32-3)21(16-17)33-4/h5,7-12,16,18H,1,6,13-15H2,2-4H3,(H,24,27). The molecule has 1 unspecified atom stereocenters. The number of ether oxygens (including phenoxy) is 2. The molecule has 0 radical (unpaired) electrons. The number of nitrogens with zero attached hydrogens (tertiary/aromatic N) is 2. The maximum atomic E-state index is 13.3. The van der Waals surface area contributed by atoms with E-state index in [0.29, 0.717) is 17.9 Å². The van der Waals surface area contributed by atoms with Crippen LogP contribution in [0.1, 0.15) is 18.9 Å². The van der Waals surface area contributed by atoms with E-state index in [1.807, 2.05) is 6.07 Å². The van der Waals surface area contributed by atoms with Gasteiger partial charge in [0.1, 0.15) is 6.04 Å². The maximum Gasteiger partial charge on any atom is 0.289 e. The molecular formula is C23H29N3O7S. The predicted octanol–water partition coefficient (Wildman–Crippen LogP) is 2.93. The Labute approximate surface area is 199 Å². The highest BCUT2D eigenvalue weighted by molar-refractivity contribution is 7.89. The van der Waals surface area contributed by atoms with Gasteiger partial charge in [-0.1, -0.05) is 31.2 Å². The summed E-state index contributed by atoms with van der Waals surface area (Å²) in [5, 5.41) is 14.2. The second-order valence-electron chi connectivity index (χ2n) is 7.24. The molecule has 0 aliphatic rings. The number of nitrogens with one attached hydrogen (secondary N) is 1. The van der Waals surface area contributed by atoms with E-state index in [1.165, 1.54) is 32.4 Å². The predicted molar refractivity (Wildman–Crippen MR) is 128 cm³/mol. The number of methoxy groups -OCH3 is 2. The number of hydrogen-bond acceptors (Lipinski definition) is 7. The number of nitro benzene ring substituents is 1. The highest BCUT2D eigenvalue weighted by atomic mass is 32.2. The average Bonchev–Trinajstić information content (AvgIpc) is 2.83. The minimum atomic E-state index is -4.36. The van der Waals surface area contributed by atoms with Gasteiger partial charge in [-0.2, -0.15) is 4.31 Å². The van der Waals surface area contributed by atoms with Crippen molar-refractivity contribution < 1.29 is 27.6 Å². The molecule has 0 aromatic heterocycles. The summed E-state index contributed by atoms with van der Waals surface area (Å²) in [6.07, 6.45) is 1.97. The molecule has 0 aliphatic heterocycles. The summed E-state index contributed by atoms with van der Waals surface area (Å²) in [7, 11) is -1.29. The van der Waals surface area contributed by atoms with Crippen LogP contribution >= 0.6 is 0 Å². The third kappa shape index (κ3) is 6.12. The zero-order valence-electron chi connectivity index (χ0n) is 19.4. The number of benzene rings is 2. The van der Waals surface area contributed by atoms with Crippen molar-refractivity contribution in [3.8, 4) is 11.5 Å². The lowest BCUT2D eigenvalue weighted by Gasteiger charge is -2.28. The molecule has 1 amide bonds. The van der Waals surface area contributed by atoms with Crippen LogP contribution in [0.3, 0.4) is 0 Å². The fraction of sp³-hybridized carbons (Fsp3) is 0.348. The highest BCUT2D eigenvalue weighted by Crippen LogP contribution is 2.29. The van der Waals surface area contributed by atoms with Crippen LogP contribution in [-0.4, -0.2) is 56.9 Å². The van der Waals surface area contributed by atoms with E-state index in [1.54, 1.807) is 19.1 Å². The molecule has 34 heavy (non-hydrogen) atoms. The Bertz CT molecular complexity index is 1140. The summed E-state index contributed by atoms with van der Waals surface area (Å²) in [6.45, 7) is 5.31. The molecule has 0 fully saturated rings. The Hall–Kier alpha value is -3.44. The fourth-order valence-corrected chi connectivity index (χ4v) is 5.27. The number of carbonyl (C=O) groups excluding carboxylic acids is 1. The summed E-state index contributed by atoms with van der Waals surface area (Å²) < 4.78 is 38.1. The topological polar surface area (TPSA) is 128 Å². The van der Waals surface area contributed by atoms with E-state index in [0.717, 1.165) is 22.0 Å². The van der Waals surface area contributed by atoms with Gasteiger partial charge >= 0.3 is 0 Å². The molecule has 10 nitrogen and oxygen atoms in total. The van der Waals surface area contributed by atoms with Gasteiger partial charge in [0, 0.05) is 19.2 Å². The fourth-order valence-electron chi connectivity index (χ4n) is 3.48. The van der Waals surface area contributed by atoms with Crippen LogP contribution in [0.25, 0.3) is 0 Å². The third-order valence-corrected chi connectivity index (χ3v) is 7.08. The van der Waals surface area contributed by atoms with Gasteiger partial charge in [0.2, 0.25) is 5.91 Å². The van der Waals surface area contributed by atoms with E-state index in [4.69, 9.17) is 9.47 Å². The Morgan fingerprint density at radius 3 is 2.47 bits per heavy atom. The molecule has 0 saturated carbocycles.